The van der Waals surface area contributed by atoms with Gasteiger partial charge in [-0.1, -0.05) is 172 Å². The van der Waals surface area contributed by atoms with E-state index >= 15 is 0 Å². The van der Waals surface area contributed by atoms with Crippen LogP contribution in [0, 0.1) is 0 Å². The van der Waals surface area contributed by atoms with Crippen LogP contribution < -0.4 is 0 Å². The zero-order chi connectivity index (χ0) is 43.4. The molecule has 0 aromatic rings. The minimum Gasteiger partial charge on any atom is -0.457 e. The van der Waals surface area contributed by atoms with Crippen molar-refractivity contribution < 1.29 is 58.3 Å². The highest BCUT2D eigenvalue weighted by Crippen LogP contribution is 2.47. The molecule has 0 spiro atoms. The summed E-state index contributed by atoms with van der Waals surface area (Å²) < 4.78 is 34.2. The van der Waals surface area contributed by atoms with E-state index in [2.05, 4.69) is 50.3 Å². The molecule has 13 heteroatoms. The lowest BCUT2D eigenvalue weighted by molar-refractivity contribution is -0.220. The van der Waals surface area contributed by atoms with Gasteiger partial charge < -0.3 is 39.9 Å². The summed E-state index contributed by atoms with van der Waals surface area (Å²) in [5.41, 5.74) is 0. The number of phosphoric acid groups is 1. The first-order chi connectivity index (χ1) is 28.5. The maximum atomic E-state index is 12.8. The number of phosphoric ester groups is 1. The monoisotopic (exact) mass is 861 g/mol. The highest BCUT2D eigenvalue weighted by atomic mass is 31.2. The predicted octanol–water partition coefficient (Wildman–Crippen LogP) is 9.48. The minimum absolute atomic E-state index is 0.0782. The standard InChI is InChI=1S/C46H85O12P/c1-3-5-7-9-11-13-15-17-19-20-21-23-25-27-29-31-33-35-40(47)57-39(38-56-59(53,54)58-46-44(51)42(49)41(48)43(50)45(46)52)37-55-36-34-32-30-28-26-24-22-18-16-14-12-10-8-6-4-2/h5,7,11,13,17,19,39,41-46,48-52H,3-4,6,8-10,12,14-16,18,20-38H2,1-2H3,(H,53,54)/b7-5-,13-11-,19-17-. The summed E-state index contributed by atoms with van der Waals surface area (Å²) in [5.74, 6) is -0.486. The van der Waals surface area contributed by atoms with Gasteiger partial charge in [0.1, 0.15) is 42.7 Å². The van der Waals surface area contributed by atoms with E-state index < -0.39 is 63.1 Å². The van der Waals surface area contributed by atoms with Crippen LogP contribution in [0.2, 0.25) is 0 Å². The number of hydrogen-bond donors (Lipinski definition) is 6. The first kappa shape index (κ1) is 55.6. The van der Waals surface area contributed by atoms with Crippen molar-refractivity contribution in [1.82, 2.24) is 0 Å². The molecular weight excluding hydrogens is 775 g/mol. The van der Waals surface area contributed by atoms with Crippen LogP contribution in [-0.2, 0) is 27.9 Å². The smallest absolute Gasteiger partial charge is 0.457 e. The molecule has 59 heavy (non-hydrogen) atoms. The van der Waals surface area contributed by atoms with Crippen molar-refractivity contribution in [2.45, 2.75) is 230 Å². The molecule has 6 N–H and O–H groups in total. The third kappa shape index (κ3) is 29.5. The molecule has 1 fully saturated rings. The van der Waals surface area contributed by atoms with Gasteiger partial charge in [-0.05, 0) is 44.9 Å². The van der Waals surface area contributed by atoms with Crippen LogP contribution >= 0.6 is 7.82 Å². The van der Waals surface area contributed by atoms with Gasteiger partial charge in [0, 0.05) is 13.0 Å². The van der Waals surface area contributed by atoms with Crippen LogP contribution in [0.5, 0.6) is 0 Å². The lowest BCUT2D eigenvalue weighted by Gasteiger charge is -2.41. The fraction of sp³-hybridized carbons (Fsp3) is 0.848. The largest absolute Gasteiger partial charge is 0.472 e. The Hall–Kier alpha value is -1.44. The Labute approximate surface area is 357 Å². The summed E-state index contributed by atoms with van der Waals surface area (Å²) in [5, 5.41) is 50.2. The first-order valence-corrected chi connectivity index (χ1v) is 24.8. The van der Waals surface area contributed by atoms with Crippen molar-refractivity contribution >= 4 is 13.8 Å². The van der Waals surface area contributed by atoms with E-state index in [0.717, 1.165) is 77.0 Å². The number of carbonyl (C=O) groups is 1. The van der Waals surface area contributed by atoms with Crippen LogP contribution in [-0.4, -0.2) is 98.9 Å². The maximum Gasteiger partial charge on any atom is 0.472 e. The van der Waals surface area contributed by atoms with Gasteiger partial charge in [0.15, 0.2) is 0 Å². The summed E-state index contributed by atoms with van der Waals surface area (Å²) in [7, 11) is -5.02. The van der Waals surface area contributed by atoms with Crippen molar-refractivity contribution in [1.29, 1.82) is 0 Å². The van der Waals surface area contributed by atoms with Crippen molar-refractivity contribution in [3.05, 3.63) is 36.5 Å². The Morgan fingerprint density at radius 1 is 0.559 bits per heavy atom. The minimum atomic E-state index is -5.02. The second kappa shape index (κ2) is 37.1. The molecule has 0 aromatic heterocycles. The number of ether oxygens (including phenoxy) is 2. The third-order valence-corrected chi connectivity index (χ3v) is 11.8. The van der Waals surface area contributed by atoms with E-state index in [1.165, 1.54) is 83.5 Å². The average Bonchev–Trinajstić information content (AvgIpc) is 3.22. The normalized spacial score (nSPS) is 22.8. The maximum absolute atomic E-state index is 12.8. The number of esters is 1. The summed E-state index contributed by atoms with van der Waals surface area (Å²) >= 11 is 0. The fourth-order valence-electron chi connectivity index (χ4n) is 7.08. The van der Waals surface area contributed by atoms with E-state index in [4.69, 9.17) is 18.5 Å². The highest BCUT2D eigenvalue weighted by molar-refractivity contribution is 7.47. The summed E-state index contributed by atoms with van der Waals surface area (Å²) in [6.45, 7) is 4.15. The van der Waals surface area contributed by atoms with Gasteiger partial charge in [0.2, 0.25) is 0 Å². The fourth-order valence-corrected chi connectivity index (χ4v) is 8.05. The average molecular weight is 861 g/mol. The molecule has 12 nitrogen and oxygen atoms in total. The summed E-state index contributed by atoms with van der Waals surface area (Å²) in [6, 6.07) is 0. The number of aliphatic hydroxyl groups excluding tert-OH is 5. The van der Waals surface area contributed by atoms with Crippen molar-refractivity contribution in [2.75, 3.05) is 19.8 Å². The molecule has 0 aromatic carbocycles. The quantitative estimate of drug-likeness (QED) is 0.0149. The van der Waals surface area contributed by atoms with E-state index in [-0.39, 0.29) is 13.0 Å². The predicted molar refractivity (Wildman–Crippen MR) is 235 cm³/mol. The molecule has 6 unspecified atom stereocenters. The Bertz CT molecular complexity index is 1120. The van der Waals surface area contributed by atoms with Crippen LogP contribution in [0.3, 0.4) is 0 Å². The Balaban J connectivity index is 2.39. The van der Waals surface area contributed by atoms with E-state index in [1.807, 2.05) is 0 Å². The zero-order valence-corrected chi connectivity index (χ0v) is 37.7. The molecule has 6 atom stereocenters. The van der Waals surface area contributed by atoms with E-state index in [9.17, 15) is 39.8 Å². The molecule has 0 heterocycles. The topological polar surface area (TPSA) is 192 Å². The van der Waals surface area contributed by atoms with Gasteiger partial charge in [-0.2, -0.15) is 0 Å². The third-order valence-electron chi connectivity index (χ3n) is 10.8. The molecule has 0 amide bonds. The molecule has 1 aliphatic rings. The molecule has 1 rings (SSSR count). The lowest BCUT2D eigenvalue weighted by Crippen LogP contribution is -2.64. The molecule has 0 bridgehead atoms. The van der Waals surface area contributed by atoms with Gasteiger partial charge in [-0.25, -0.2) is 4.57 Å². The van der Waals surface area contributed by atoms with Crippen molar-refractivity contribution in [3.63, 3.8) is 0 Å². The van der Waals surface area contributed by atoms with Crippen molar-refractivity contribution in [2.24, 2.45) is 0 Å². The van der Waals surface area contributed by atoms with Gasteiger partial charge in [0.05, 0.1) is 13.2 Å². The molecule has 0 radical (unpaired) electrons. The molecule has 1 saturated carbocycles. The molecule has 0 aliphatic heterocycles. The van der Waals surface area contributed by atoms with Crippen LogP contribution in [0.4, 0.5) is 0 Å². The highest BCUT2D eigenvalue weighted by Gasteiger charge is 2.51. The number of unbranched alkanes of at least 4 members (excludes halogenated alkanes) is 21. The van der Waals surface area contributed by atoms with Crippen LogP contribution in [0.1, 0.15) is 187 Å². The number of hydrogen-bond acceptors (Lipinski definition) is 11. The van der Waals surface area contributed by atoms with E-state index in [1.54, 1.807) is 0 Å². The SMILES string of the molecule is CC/C=C\C/C=C\C/C=C\CCCCCCCCCC(=O)OC(COCCCCCCCCCCCCCCCCC)COP(=O)(O)OC1C(O)C(O)C(O)C(O)C1O. The summed E-state index contributed by atoms with van der Waals surface area (Å²) in [6.07, 6.45) is 30.6. The second-order valence-electron chi connectivity index (χ2n) is 16.2. The Morgan fingerprint density at radius 3 is 1.53 bits per heavy atom. The summed E-state index contributed by atoms with van der Waals surface area (Å²) in [4.78, 5) is 23.2. The number of allylic oxidation sites excluding steroid dienone is 6. The molecule has 346 valence electrons. The van der Waals surface area contributed by atoms with Gasteiger partial charge >= 0.3 is 13.8 Å². The number of rotatable bonds is 39. The number of carbonyl (C=O) groups excluding carboxylic acids is 1. The van der Waals surface area contributed by atoms with E-state index in [0.29, 0.717) is 13.0 Å². The van der Waals surface area contributed by atoms with Gasteiger partial charge in [0.25, 0.3) is 0 Å². The molecular formula is C46H85O12P. The van der Waals surface area contributed by atoms with Gasteiger partial charge in [-0.3, -0.25) is 13.8 Å². The van der Waals surface area contributed by atoms with Crippen molar-refractivity contribution in [3.8, 4) is 0 Å². The molecule has 1 aliphatic carbocycles. The zero-order valence-electron chi connectivity index (χ0n) is 36.8. The first-order valence-electron chi connectivity index (χ1n) is 23.3. The van der Waals surface area contributed by atoms with Crippen LogP contribution in [0.15, 0.2) is 36.5 Å². The second-order valence-corrected chi connectivity index (χ2v) is 17.6. The van der Waals surface area contributed by atoms with Crippen LogP contribution in [0.25, 0.3) is 0 Å². The van der Waals surface area contributed by atoms with Gasteiger partial charge in [-0.15, -0.1) is 0 Å². The number of aliphatic hydroxyl groups is 5. The Morgan fingerprint density at radius 2 is 1.00 bits per heavy atom. The Kier molecular flexibility index (Phi) is 35.0. The lowest BCUT2D eigenvalue weighted by atomic mass is 9.85. The molecule has 0 saturated heterocycles.